The van der Waals surface area contributed by atoms with Gasteiger partial charge >= 0.3 is 5.97 Å². The molecule has 0 unspecified atom stereocenters. The van der Waals surface area contributed by atoms with Gasteiger partial charge < -0.3 is 5.11 Å². The molecular weight excluding hydrogens is 308 g/mol. The van der Waals surface area contributed by atoms with Gasteiger partial charge in [0.1, 0.15) is 0 Å². The Hall–Kier alpha value is -1.66. The number of hydrogen-bond acceptors (Lipinski definition) is 4. The smallest absolute Gasteiger partial charge is 0.335 e. The summed E-state index contributed by atoms with van der Waals surface area (Å²) >= 11 is 1.47. The molecule has 0 atom stereocenters. The second-order valence-electron chi connectivity index (χ2n) is 4.76. The summed E-state index contributed by atoms with van der Waals surface area (Å²) in [6.45, 7) is 3.66. The van der Waals surface area contributed by atoms with E-state index in [-0.39, 0.29) is 16.2 Å². The van der Waals surface area contributed by atoms with Crippen molar-refractivity contribution < 1.29 is 18.3 Å². The number of benzene rings is 1. The van der Waals surface area contributed by atoms with E-state index in [2.05, 4.69) is 0 Å². The van der Waals surface area contributed by atoms with Gasteiger partial charge in [-0.1, -0.05) is 13.0 Å². The molecule has 0 bridgehead atoms. The van der Waals surface area contributed by atoms with E-state index < -0.39 is 15.8 Å². The summed E-state index contributed by atoms with van der Waals surface area (Å²) < 4.78 is 24.8. The summed E-state index contributed by atoms with van der Waals surface area (Å²) in [5.74, 6) is -1.21. The number of hydrogen-bond donors (Lipinski definition) is 1. The molecule has 0 aliphatic carbocycles. The molecule has 6 heteroatoms. The highest BCUT2D eigenvalue weighted by Gasteiger charge is 2.19. The van der Waals surface area contributed by atoms with Crippen molar-refractivity contribution in [2.24, 2.45) is 0 Å². The van der Waals surface area contributed by atoms with Crippen LogP contribution < -0.4 is 0 Å². The van der Waals surface area contributed by atoms with Crippen LogP contribution >= 0.6 is 11.3 Å². The van der Waals surface area contributed by atoms with Gasteiger partial charge in [0.25, 0.3) is 0 Å². The van der Waals surface area contributed by atoms with Crippen LogP contribution in [0, 0.1) is 6.92 Å². The number of carbonyl (C=O) groups is 1. The van der Waals surface area contributed by atoms with E-state index in [9.17, 15) is 13.2 Å². The average Bonchev–Trinajstić information content (AvgIpc) is 2.85. The summed E-state index contributed by atoms with van der Waals surface area (Å²) in [5.41, 5.74) is 0.572. The number of aryl methyl sites for hydroxylation is 2. The van der Waals surface area contributed by atoms with E-state index in [0.717, 1.165) is 16.2 Å². The molecule has 2 aromatic rings. The predicted octanol–water partition coefficient (Wildman–Crippen LogP) is 3.29. The Morgan fingerprint density at radius 1 is 1.19 bits per heavy atom. The highest BCUT2D eigenvalue weighted by atomic mass is 32.2. The van der Waals surface area contributed by atoms with Crippen LogP contribution in [0.4, 0.5) is 0 Å². The molecule has 0 amide bonds. The summed E-state index contributed by atoms with van der Waals surface area (Å²) in [7, 11) is -3.53. The third-order valence-electron chi connectivity index (χ3n) is 3.20. The minimum Gasteiger partial charge on any atom is -0.478 e. The maximum Gasteiger partial charge on any atom is 0.335 e. The van der Waals surface area contributed by atoms with Gasteiger partial charge in [0.15, 0.2) is 9.84 Å². The molecule has 1 aromatic heterocycles. The van der Waals surface area contributed by atoms with E-state index in [0.29, 0.717) is 5.56 Å². The van der Waals surface area contributed by atoms with Crippen molar-refractivity contribution in [3.05, 3.63) is 51.2 Å². The van der Waals surface area contributed by atoms with Crippen LogP contribution in [0.2, 0.25) is 0 Å². The zero-order valence-electron chi connectivity index (χ0n) is 11.8. The molecule has 0 aliphatic rings. The first-order chi connectivity index (χ1) is 9.83. The van der Waals surface area contributed by atoms with Crippen molar-refractivity contribution >= 4 is 27.1 Å². The van der Waals surface area contributed by atoms with Crippen molar-refractivity contribution in [3.8, 4) is 0 Å². The normalized spacial score (nSPS) is 11.5. The number of rotatable bonds is 5. The maximum absolute atomic E-state index is 12.4. The van der Waals surface area contributed by atoms with Crippen LogP contribution in [0.1, 0.15) is 32.6 Å². The summed E-state index contributed by atoms with van der Waals surface area (Å²) in [4.78, 5) is 13.1. The number of thiophene rings is 1. The molecular formula is C15H16O4S2. The molecule has 2 rings (SSSR count). The van der Waals surface area contributed by atoms with E-state index in [1.165, 1.54) is 29.5 Å². The Bertz CT molecular complexity index is 773. The Morgan fingerprint density at radius 2 is 1.86 bits per heavy atom. The third-order valence-corrected chi connectivity index (χ3v) is 6.27. The van der Waals surface area contributed by atoms with Gasteiger partial charge in [0.05, 0.1) is 16.2 Å². The Balaban J connectivity index is 2.35. The molecule has 0 aliphatic heterocycles. The quantitative estimate of drug-likeness (QED) is 0.916. The lowest BCUT2D eigenvalue weighted by Crippen LogP contribution is -2.07. The first kappa shape index (κ1) is 15.7. The van der Waals surface area contributed by atoms with E-state index in [4.69, 9.17) is 5.11 Å². The Morgan fingerprint density at radius 3 is 2.43 bits per heavy atom. The van der Waals surface area contributed by atoms with Gasteiger partial charge in [0.2, 0.25) is 0 Å². The first-order valence-corrected chi connectivity index (χ1v) is 8.94. The van der Waals surface area contributed by atoms with Crippen LogP contribution in [0.25, 0.3) is 0 Å². The number of sulfone groups is 1. The highest BCUT2D eigenvalue weighted by molar-refractivity contribution is 7.90. The Kier molecular flexibility index (Phi) is 4.49. The predicted molar refractivity (Wildman–Crippen MR) is 82.7 cm³/mol. The summed E-state index contributed by atoms with van der Waals surface area (Å²) in [6, 6.07) is 7.97. The van der Waals surface area contributed by atoms with Gasteiger partial charge in [-0.3, -0.25) is 0 Å². The van der Waals surface area contributed by atoms with Gasteiger partial charge in [-0.15, -0.1) is 11.3 Å². The molecule has 0 spiro atoms. The monoisotopic (exact) mass is 324 g/mol. The fourth-order valence-electron chi connectivity index (χ4n) is 1.99. The second-order valence-corrected chi connectivity index (χ2v) is 8.00. The lowest BCUT2D eigenvalue weighted by atomic mass is 10.1. The van der Waals surface area contributed by atoms with Crippen molar-refractivity contribution in [3.63, 3.8) is 0 Å². The fraction of sp³-hybridized carbons (Fsp3) is 0.267. The van der Waals surface area contributed by atoms with Crippen LogP contribution in [0.5, 0.6) is 0 Å². The van der Waals surface area contributed by atoms with Gasteiger partial charge in [-0.25, -0.2) is 13.2 Å². The number of carboxylic acid groups (broad SMARTS) is 1. The number of aromatic carboxylic acids is 1. The SMILES string of the molecule is CCc1ccc(CS(=O)(=O)c2ccc(C)c(C(=O)O)c2)s1. The largest absolute Gasteiger partial charge is 0.478 e. The summed E-state index contributed by atoms with van der Waals surface area (Å²) in [5, 5.41) is 9.09. The molecule has 21 heavy (non-hydrogen) atoms. The first-order valence-electron chi connectivity index (χ1n) is 6.48. The maximum atomic E-state index is 12.4. The zero-order valence-corrected chi connectivity index (χ0v) is 13.4. The average molecular weight is 324 g/mol. The molecule has 1 N–H and O–H groups in total. The van der Waals surface area contributed by atoms with Gasteiger partial charge in [0, 0.05) is 9.75 Å². The molecule has 1 heterocycles. The van der Waals surface area contributed by atoms with Crippen molar-refractivity contribution in [2.75, 3.05) is 0 Å². The third kappa shape index (κ3) is 3.51. The van der Waals surface area contributed by atoms with Gasteiger partial charge in [-0.05, 0) is 43.2 Å². The molecule has 0 saturated heterocycles. The lowest BCUT2D eigenvalue weighted by Gasteiger charge is -2.06. The second kappa shape index (κ2) is 5.99. The van der Waals surface area contributed by atoms with Crippen LogP contribution in [0.3, 0.4) is 0 Å². The standard InChI is InChI=1S/C15H16O4S2/c1-3-11-5-6-12(20-11)9-21(18,19)13-7-4-10(2)14(8-13)15(16)17/h4-8H,3,9H2,1-2H3,(H,16,17). The molecule has 0 radical (unpaired) electrons. The molecule has 0 fully saturated rings. The minimum absolute atomic E-state index is 0.0245. The molecule has 112 valence electrons. The van der Waals surface area contributed by atoms with Crippen LogP contribution in [-0.2, 0) is 22.0 Å². The van der Waals surface area contributed by atoms with E-state index >= 15 is 0 Å². The minimum atomic E-state index is -3.53. The van der Waals surface area contributed by atoms with Crippen molar-refractivity contribution in [1.82, 2.24) is 0 Å². The van der Waals surface area contributed by atoms with Crippen LogP contribution in [-0.4, -0.2) is 19.5 Å². The Labute approximate surface area is 128 Å². The van der Waals surface area contributed by atoms with Crippen molar-refractivity contribution in [2.45, 2.75) is 30.9 Å². The topological polar surface area (TPSA) is 71.4 Å². The lowest BCUT2D eigenvalue weighted by molar-refractivity contribution is 0.0696. The van der Waals surface area contributed by atoms with Crippen LogP contribution in [0.15, 0.2) is 35.2 Å². The highest BCUT2D eigenvalue weighted by Crippen LogP contribution is 2.24. The van der Waals surface area contributed by atoms with Gasteiger partial charge in [-0.2, -0.15) is 0 Å². The van der Waals surface area contributed by atoms with Crippen molar-refractivity contribution in [1.29, 1.82) is 0 Å². The fourth-order valence-corrected chi connectivity index (χ4v) is 4.65. The molecule has 1 aromatic carbocycles. The van der Waals surface area contributed by atoms with E-state index in [1.54, 1.807) is 6.92 Å². The number of carboxylic acids is 1. The molecule has 0 saturated carbocycles. The van der Waals surface area contributed by atoms with E-state index in [1.807, 2.05) is 19.1 Å². The summed E-state index contributed by atoms with van der Waals surface area (Å²) in [6.07, 6.45) is 0.873. The molecule has 4 nitrogen and oxygen atoms in total. The zero-order chi connectivity index (χ0) is 15.6.